The van der Waals surface area contributed by atoms with Crippen LogP contribution in [0, 0.1) is 5.82 Å². The number of aromatic nitrogens is 3. The first kappa shape index (κ1) is 24.9. The summed E-state index contributed by atoms with van der Waals surface area (Å²) in [6, 6.07) is 22.3. The number of carbonyl (C=O) groups is 1. The topological polar surface area (TPSA) is 77.2 Å². The highest BCUT2D eigenvalue weighted by Gasteiger charge is 2.27. The standard InChI is InChI=1S/C32H28FN3O3/c1-19(2)30-26(16-15-23-17-22(37)18-29(38)39-23)31(20-11-13-21(33)14-12-20)36(35-30)32-24-7-3-5-9-27(24)34-28-10-6-4-8-25(28)32/h3-16,19,22-23,37H,17-18H2,1-2H3/b16-15+/t22-,23-/m1/s1. The molecule has 1 N–H and O–H groups in total. The maximum atomic E-state index is 14.0. The summed E-state index contributed by atoms with van der Waals surface area (Å²) >= 11 is 0. The zero-order chi connectivity index (χ0) is 27.1. The third-order valence-electron chi connectivity index (χ3n) is 7.05. The summed E-state index contributed by atoms with van der Waals surface area (Å²) in [5.74, 6) is -0.686. The fraction of sp³-hybridized carbons (Fsp3) is 0.219. The molecule has 1 aliphatic rings. The molecule has 0 radical (unpaired) electrons. The molecule has 0 unspecified atom stereocenters. The van der Waals surface area contributed by atoms with Crippen molar-refractivity contribution in [3.63, 3.8) is 0 Å². The molecule has 2 atom stereocenters. The number of hydrogen-bond acceptors (Lipinski definition) is 5. The van der Waals surface area contributed by atoms with Crippen molar-refractivity contribution in [1.82, 2.24) is 14.8 Å². The summed E-state index contributed by atoms with van der Waals surface area (Å²) < 4.78 is 21.4. The average molecular weight is 522 g/mol. The van der Waals surface area contributed by atoms with E-state index in [-0.39, 0.29) is 18.2 Å². The Kier molecular flexibility index (Phi) is 6.45. The molecular weight excluding hydrogens is 493 g/mol. The van der Waals surface area contributed by atoms with Gasteiger partial charge in [0.2, 0.25) is 0 Å². The van der Waals surface area contributed by atoms with Gasteiger partial charge < -0.3 is 9.84 Å². The molecule has 6 nitrogen and oxygen atoms in total. The van der Waals surface area contributed by atoms with Gasteiger partial charge in [0.05, 0.1) is 40.6 Å². The number of carbonyl (C=O) groups excluding carboxylic acids is 1. The molecule has 39 heavy (non-hydrogen) atoms. The summed E-state index contributed by atoms with van der Waals surface area (Å²) in [7, 11) is 0. The van der Waals surface area contributed by atoms with Gasteiger partial charge in [0.25, 0.3) is 0 Å². The Bertz CT molecular complexity index is 1670. The molecule has 0 spiro atoms. The Morgan fingerprint density at radius 1 is 1.00 bits per heavy atom. The predicted molar refractivity (Wildman–Crippen MR) is 150 cm³/mol. The van der Waals surface area contributed by atoms with Crippen LogP contribution in [-0.4, -0.2) is 38.0 Å². The largest absolute Gasteiger partial charge is 0.458 e. The van der Waals surface area contributed by atoms with Crippen LogP contribution in [0.4, 0.5) is 4.39 Å². The number of para-hydroxylation sites is 2. The minimum atomic E-state index is -0.737. The van der Waals surface area contributed by atoms with Crippen LogP contribution in [0.15, 0.2) is 78.9 Å². The van der Waals surface area contributed by atoms with Gasteiger partial charge in [-0.1, -0.05) is 56.3 Å². The van der Waals surface area contributed by atoms with E-state index in [1.807, 2.05) is 65.4 Å². The van der Waals surface area contributed by atoms with Crippen molar-refractivity contribution in [3.05, 3.63) is 95.9 Å². The van der Waals surface area contributed by atoms with Crippen molar-refractivity contribution in [2.24, 2.45) is 0 Å². The van der Waals surface area contributed by atoms with Crippen LogP contribution in [0.2, 0.25) is 0 Å². The number of pyridine rings is 1. The number of esters is 1. The number of cyclic esters (lactones) is 1. The van der Waals surface area contributed by atoms with Gasteiger partial charge in [-0.2, -0.15) is 5.10 Å². The van der Waals surface area contributed by atoms with Gasteiger partial charge in [0, 0.05) is 28.3 Å². The van der Waals surface area contributed by atoms with Crippen molar-refractivity contribution in [3.8, 4) is 16.9 Å². The number of benzene rings is 3. The van der Waals surface area contributed by atoms with Gasteiger partial charge in [-0.25, -0.2) is 14.1 Å². The second kappa shape index (κ2) is 10.1. The first-order valence-electron chi connectivity index (χ1n) is 13.1. The van der Waals surface area contributed by atoms with E-state index in [1.165, 1.54) is 12.1 Å². The minimum absolute atomic E-state index is 0.00252. The van der Waals surface area contributed by atoms with Crippen LogP contribution < -0.4 is 0 Å². The van der Waals surface area contributed by atoms with Crippen molar-refractivity contribution in [2.75, 3.05) is 0 Å². The summed E-state index contributed by atoms with van der Waals surface area (Å²) in [4.78, 5) is 16.8. The third-order valence-corrected chi connectivity index (χ3v) is 7.05. The number of ether oxygens (including phenoxy) is 1. The summed E-state index contributed by atoms with van der Waals surface area (Å²) in [6.45, 7) is 4.15. The Hall–Kier alpha value is -4.36. The highest BCUT2D eigenvalue weighted by Crippen LogP contribution is 2.38. The molecule has 1 aliphatic heterocycles. The number of halogens is 1. The molecule has 2 aromatic heterocycles. The van der Waals surface area contributed by atoms with Crippen molar-refractivity contribution in [1.29, 1.82) is 0 Å². The fourth-order valence-electron chi connectivity index (χ4n) is 5.26. The molecule has 7 heteroatoms. The summed E-state index contributed by atoms with van der Waals surface area (Å²) in [5.41, 5.74) is 5.85. The molecule has 3 heterocycles. The van der Waals surface area contributed by atoms with Gasteiger partial charge in [-0.05, 0) is 48.4 Å². The van der Waals surface area contributed by atoms with Crippen LogP contribution in [0.25, 0.3) is 44.8 Å². The summed E-state index contributed by atoms with van der Waals surface area (Å²) in [6.07, 6.45) is 2.77. The van der Waals surface area contributed by atoms with E-state index in [1.54, 1.807) is 12.1 Å². The maximum Gasteiger partial charge on any atom is 0.309 e. The lowest BCUT2D eigenvalue weighted by Gasteiger charge is -2.23. The van der Waals surface area contributed by atoms with Crippen molar-refractivity contribution < 1.29 is 19.0 Å². The Morgan fingerprint density at radius 3 is 2.26 bits per heavy atom. The SMILES string of the molecule is CC(C)c1nn(-c2c3ccccc3nc3ccccc23)c(-c2ccc(F)cc2)c1/C=C/[C@@H]1C[C@@H](O)CC(=O)O1. The Morgan fingerprint density at radius 2 is 1.64 bits per heavy atom. The molecule has 1 saturated heterocycles. The van der Waals surface area contributed by atoms with Gasteiger partial charge >= 0.3 is 5.97 Å². The molecule has 0 aliphatic carbocycles. The van der Waals surface area contributed by atoms with Gasteiger partial charge in [0.15, 0.2) is 0 Å². The predicted octanol–water partition coefficient (Wildman–Crippen LogP) is 6.58. The second-order valence-electron chi connectivity index (χ2n) is 10.2. The van der Waals surface area contributed by atoms with Crippen LogP contribution >= 0.6 is 0 Å². The normalized spacial score (nSPS) is 17.9. The van der Waals surface area contributed by atoms with E-state index in [2.05, 4.69) is 13.8 Å². The summed E-state index contributed by atoms with van der Waals surface area (Å²) in [5, 5.41) is 17.2. The molecule has 5 aromatic rings. The Labute approximate surface area is 225 Å². The smallest absolute Gasteiger partial charge is 0.309 e. The third kappa shape index (κ3) is 4.70. The number of hydrogen-bond donors (Lipinski definition) is 1. The highest BCUT2D eigenvalue weighted by molar-refractivity contribution is 6.03. The molecular formula is C32H28FN3O3. The number of nitrogens with zero attached hydrogens (tertiary/aromatic N) is 3. The molecule has 0 saturated carbocycles. The van der Waals surface area contributed by atoms with Crippen LogP contribution in [0.5, 0.6) is 0 Å². The first-order chi connectivity index (χ1) is 18.9. The molecule has 1 fully saturated rings. The van der Waals surface area contributed by atoms with Crippen LogP contribution in [0.3, 0.4) is 0 Å². The molecule has 196 valence electrons. The average Bonchev–Trinajstić information content (AvgIpc) is 3.29. The van der Waals surface area contributed by atoms with E-state index in [0.717, 1.165) is 50.0 Å². The number of aliphatic hydroxyl groups is 1. The van der Waals surface area contributed by atoms with E-state index in [0.29, 0.717) is 6.42 Å². The van der Waals surface area contributed by atoms with Crippen LogP contribution in [0.1, 0.15) is 43.9 Å². The number of fused-ring (bicyclic) bond motifs is 2. The van der Waals surface area contributed by atoms with E-state index in [4.69, 9.17) is 14.8 Å². The number of rotatable bonds is 5. The molecule has 3 aromatic carbocycles. The van der Waals surface area contributed by atoms with Gasteiger partial charge in [0.1, 0.15) is 11.9 Å². The lowest BCUT2D eigenvalue weighted by Crippen LogP contribution is -2.31. The first-order valence-corrected chi connectivity index (χ1v) is 13.1. The number of aliphatic hydroxyl groups excluding tert-OH is 1. The molecule has 6 rings (SSSR count). The van der Waals surface area contributed by atoms with E-state index in [9.17, 15) is 14.3 Å². The highest BCUT2D eigenvalue weighted by atomic mass is 19.1. The quantitative estimate of drug-likeness (QED) is 0.209. The van der Waals surface area contributed by atoms with Crippen LogP contribution in [-0.2, 0) is 9.53 Å². The fourth-order valence-corrected chi connectivity index (χ4v) is 5.26. The Balaban J connectivity index is 1.65. The lowest BCUT2D eigenvalue weighted by molar-refractivity contribution is -0.156. The monoisotopic (exact) mass is 521 g/mol. The van der Waals surface area contributed by atoms with E-state index >= 15 is 0 Å². The second-order valence-corrected chi connectivity index (χ2v) is 10.2. The van der Waals surface area contributed by atoms with E-state index < -0.39 is 18.2 Å². The molecule has 0 amide bonds. The van der Waals surface area contributed by atoms with Gasteiger partial charge in [-0.15, -0.1) is 0 Å². The maximum absolute atomic E-state index is 14.0. The zero-order valence-electron chi connectivity index (χ0n) is 21.7. The van der Waals surface area contributed by atoms with Gasteiger partial charge in [-0.3, -0.25) is 4.79 Å². The molecule has 0 bridgehead atoms. The lowest BCUT2D eigenvalue weighted by atomic mass is 9.98. The zero-order valence-corrected chi connectivity index (χ0v) is 21.7. The minimum Gasteiger partial charge on any atom is -0.458 e. The van der Waals surface area contributed by atoms with Crippen molar-refractivity contribution in [2.45, 2.75) is 44.8 Å². The van der Waals surface area contributed by atoms with Crippen molar-refractivity contribution >= 4 is 33.9 Å².